The van der Waals surface area contributed by atoms with Crippen molar-refractivity contribution in [3.8, 4) is 0 Å². The molecule has 1 nitrogen and oxygen atoms in total. The molecule has 5 aromatic rings. The molecule has 0 bridgehead atoms. The average Bonchev–Trinajstić information content (AvgIpc) is 2.55. The molecule has 5 rings (SSSR count). The van der Waals surface area contributed by atoms with Gasteiger partial charge in [0.15, 0.2) is 0 Å². The van der Waals surface area contributed by atoms with Crippen molar-refractivity contribution in [2.75, 3.05) is 5.73 Å². The second-order valence-electron chi connectivity index (χ2n) is 6.09. The van der Waals surface area contributed by atoms with E-state index >= 15 is 0 Å². The molecule has 1 heteroatoms. The lowest BCUT2D eigenvalue weighted by Crippen LogP contribution is -1.91. The average molecular weight is 281 g/mol. The molecule has 0 atom stereocenters. The quantitative estimate of drug-likeness (QED) is 0.222. The molecule has 0 amide bonds. The number of aryl methyl sites for hydroxylation is 1. The molecule has 2 N–H and O–H groups in total. The second kappa shape index (κ2) is 3.89. The zero-order valence-corrected chi connectivity index (χ0v) is 12.4. The lowest BCUT2D eigenvalue weighted by atomic mass is 9.88. The summed E-state index contributed by atoms with van der Waals surface area (Å²) in [6.45, 7) is 2.18. The number of hydrogen-bond acceptors (Lipinski definition) is 1. The molecule has 0 radical (unpaired) electrons. The maximum Gasteiger partial charge on any atom is 0.0394 e. The SMILES string of the molecule is Cc1ccc2c3cccc4c(N)ccc(c5cccc1c25)c43. The second-order valence-corrected chi connectivity index (χ2v) is 6.09. The molecular formula is C21H15N. The summed E-state index contributed by atoms with van der Waals surface area (Å²) in [6, 6.07) is 21.7. The van der Waals surface area contributed by atoms with E-state index < -0.39 is 0 Å². The van der Waals surface area contributed by atoms with Crippen LogP contribution in [0.3, 0.4) is 0 Å². The summed E-state index contributed by atoms with van der Waals surface area (Å²) in [5, 5.41) is 10.4. The smallest absolute Gasteiger partial charge is 0.0394 e. The minimum absolute atomic E-state index is 0.850. The lowest BCUT2D eigenvalue weighted by molar-refractivity contribution is 1.55. The Morgan fingerprint density at radius 2 is 1.05 bits per heavy atom. The molecule has 0 unspecified atom stereocenters. The Labute approximate surface area is 128 Å². The van der Waals surface area contributed by atoms with E-state index in [1.54, 1.807) is 0 Å². The van der Waals surface area contributed by atoms with Gasteiger partial charge in [-0.15, -0.1) is 0 Å². The van der Waals surface area contributed by atoms with Crippen LogP contribution in [0.2, 0.25) is 0 Å². The van der Waals surface area contributed by atoms with E-state index in [0.717, 1.165) is 11.1 Å². The molecule has 104 valence electrons. The van der Waals surface area contributed by atoms with E-state index in [1.165, 1.54) is 43.3 Å². The summed E-state index contributed by atoms with van der Waals surface area (Å²) in [6.07, 6.45) is 0. The Morgan fingerprint density at radius 3 is 1.77 bits per heavy atom. The van der Waals surface area contributed by atoms with Crippen LogP contribution < -0.4 is 5.73 Å². The molecule has 0 saturated carbocycles. The molecular weight excluding hydrogens is 266 g/mol. The van der Waals surface area contributed by atoms with E-state index in [4.69, 9.17) is 5.73 Å². The molecule has 0 aliphatic rings. The predicted molar refractivity (Wildman–Crippen MR) is 96.8 cm³/mol. The third-order valence-electron chi connectivity index (χ3n) is 4.91. The number of nitrogen functional groups attached to an aromatic ring is 1. The van der Waals surface area contributed by atoms with Crippen LogP contribution in [-0.2, 0) is 0 Å². The number of anilines is 1. The fraction of sp³-hybridized carbons (Fsp3) is 0.0476. The number of nitrogens with two attached hydrogens (primary N) is 1. The number of benzene rings is 5. The van der Waals surface area contributed by atoms with Crippen LogP contribution in [0.5, 0.6) is 0 Å². The minimum atomic E-state index is 0.850. The van der Waals surface area contributed by atoms with Crippen LogP contribution in [0.15, 0.2) is 60.7 Å². The summed E-state index contributed by atoms with van der Waals surface area (Å²) in [4.78, 5) is 0. The summed E-state index contributed by atoms with van der Waals surface area (Å²) in [5.41, 5.74) is 8.39. The number of rotatable bonds is 0. The minimum Gasteiger partial charge on any atom is -0.398 e. The Bertz CT molecular complexity index is 1070. The molecule has 0 fully saturated rings. The highest BCUT2D eigenvalue weighted by atomic mass is 14.5. The first-order valence-electron chi connectivity index (χ1n) is 7.60. The zero-order chi connectivity index (χ0) is 14.8. The largest absolute Gasteiger partial charge is 0.398 e. The van der Waals surface area contributed by atoms with Gasteiger partial charge in [-0.05, 0) is 56.3 Å². The van der Waals surface area contributed by atoms with Gasteiger partial charge in [0.1, 0.15) is 0 Å². The fourth-order valence-electron chi connectivity index (χ4n) is 3.88. The van der Waals surface area contributed by atoms with Crippen LogP contribution in [0.4, 0.5) is 5.69 Å². The van der Waals surface area contributed by atoms with Gasteiger partial charge in [0.05, 0.1) is 0 Å². The number of hydrogen-bond donors (Lipinski definition) is 1. The van der Waals surface area contributed by atoms with Crippen molar-refractivity contribution in [3.05, 3.63) is 66.2 Å². The van der Waals surface area contributed by atoms with Crippen molar-refractivity contribution in [1.82, 2.24) is 0 Å². The molecule has 5 aromatic carbocycles. The fourth-order valence-corrected chi connectivity index (χ4v) is 3.88. The molecule has 0 aliphatic carbocycles. The van der Waals surface area contributed by atoms with Crippen molar-refractivity contribution in [3.63, 3.8) is 0 Å². The molecule has 22 heavy (non-hydrogen) atoms. The van der Waals surface area contributed by atoms with Gasteiger partial charge in [-0.25, -0.2) is 0 Å². The molecule has 0 aliphatic heterocycles. The van der Waals surface area contributed by atoms with Gasteiger partial charge in [0, 0.05) is 11.1 Å². The van der Waals surface area contributed by atoms with Gasteiger partial charge in [0.25, 0.3) is 0 Å². The Morgan fingerprint density at radius 1 is 0.545 bits per heavy atom. The highest BCUT2D eigenvalue weighted by Gasteiger charge is 2.14. The first-order valence-corrected chi connectivity index (χ1v) is 7.60. The summed E-state index contributed by atoms with van der Waals surface area (Å²) in [7, 11) is 0. The van der Waals surface area contributed by atoms with E-state index in [9.17, 15) is 0 Å². The van der Waals surface area contributed by atoms with E-state index in [-0.39, 0.29) is 0 Å². The normalized spacial score (nSPS) is 12.0. The van der Waals surface area contributed by atoms with Crippen LogP contribution in [-0.4, -0.2) is 0 Å². The van der Waals surface area contributed by atoms with Crippen molar-refractivity contribution in [2.24, 2.45) is 0 Å². The molecule has 0 aromatic heterocycles. The highest BCUT2D eigenvalue weighted by Crippen LogP contribution is 2.41. The van der Waals surface area contributed by atoms with Crippen molar-refractivity contribution in [1.29, 1.82) is 0 Å². The van der Waals surface area contributed by atoms with Crippen LogP contribution >= 0.6 is 0 Å². The first kappa shape index (κ1) is 11.8. The van der Waals surface area contributed by atoms with Crippen molar-refractivity contribution < 1.29 is 0 Å². The van der Waals surface area contributed by atoms with Crippen molar-refractivity contribution >= 4 is 48.8 Å². The van der Waals surface area contributed by atoms with Gasteiger partial charge in [-0.1, -0.05) is 54.6 Å². The molecule has 0 spiro atoms. The summed E-state index contributed by atoms with van der Waals surface area (Å²) >= 11 is 0. The number of fused-ring (bicyclic) bond motifs is 2. The molecule has 0 saturated heterocycles. The van der Waals surface area contributed by atoms with Crippen LogP contribution in [0.1, 0.15) is 5.56 Å². The summed E-state index contributed by atoms with van der Waals surface area (Å²) < 4.78 is 0. The van der Waals surface area contributed by atoms with Gasteiger partial charge in [-0.3, -0.25) is 0 Å². The standard InChI is InChI=1S/C21H15N/c1-12-8-9-16-15-6-3-7-18-19(22)11-10-17(21(15)18)14-5-2-4-13(12)20(14)16/h2-11H,22H2,1H3. The first-order chi connectivity index (χ1) is 10.8. The maximum atomic E-state index is 6.21. The van der Waals surface area contributed by atoms with Crippen LogP contribution in [0, 0.1) is 6.92 Å². The summed E-state index contributed by atoms with van der Waals surface area (Å²) in [5.74, 6) is 0. The van der Waals surface area contributed by atoms with E-state index in [0.29, 0.717) is 0 Å². The molecule has 0 heterocycles. The monoisotopic (exact) mass is 281 g/mol. The predicted octanol–water partition coefficient (Wildman–Crippen LogP) is 5.63. The lowest BCUT2D eigenvalue weighted by Gasteiger charge is -2.16. The van der Waals surface area contributed by atoms with Gasteiger partial charge in [-0.2, -0.15) is 0 Å². The van der Waals surface area contributed by atoms with Gasteiger partial charge in [0.2, 0.25) is 0 Å². The van der Waals surface area contributed by atoms with E-state index in [2.05, 4.69) is 61.5 Å². The Balaban J connectivity index is 2.28. The Hall–Kier alpha value is -2.80. The van der Waals surface area contributed by atoms with Crippen LogP contribution in [0.25, 0.3) is 43.1 Å². The highest BCUT2D eigenvalue weighted by molar-refractivity contribution is 6.34. The van der Waals surface area contributed by atoms with Gasteiger partial charge < -0.3 is 5.73 Å². The third kappa shape index (κ3) is 1.29. The third-order valence-corrected chi connectivity index (χ3v) is 4.91. The van der Waals surface area contributed by atoms with E-state index in [1.807, 2.05) is 6.07 Å². The van der Waals surface area contributed by atoms with Gasteiger partial charge >= 0.3 is 0 Å². The zero-order valence-electron chi connectivity index (χ0n) is 12.4. The van der Waals surface area contributed by atoms with Crippen molar-refractivity contribution in [2.45, 2.75) is 6.92 Å². The Kier molecular flexibility index (Phi) is 2.09. The topological polar surface area (TPSA) is 26.0 Å². The maximum absolute atomic E-state index is 6.21.